The topological polar surface area (TPSA) is 29.9 Å². The van der Waals surface area contributed by atoms with E-state index in [2.05, 4.69) is 10.3 Å². The summed E-state index contributed by atoms with van der Waals surface area (Å²) in [4.78, 5) is 4.55. The van der Waals surface area contributed by atoms with Gasteiger partial charge in [0, 0.05) is 13.5 Å². The van der Waals surface area contributed by atoms with Crippen LogP contribution < -0.4 is 5.32 Å². The van der Waals surface area contributed by atoms with Crippen LogP contribution in [0.3, 0.4) is 0 Å². The molecule has 96 valence electrons. The van der Waals surface area contributed by atoms with Crippen LogP contribution in [0.15, 0.2) is 24.3 Å². The van der Waals surface area contributed by atoms with Crippen molar-refractivity contribution >= 4 is 11.0 Å². The van der Waals surface area contributed by atoms with Gasteiger partial charge in [-0.1, -0.05) is 12.1 Å². The molecular formula is C14H18FN3. The summed E-state index contributed by atoms with van der Waals surface area (Å²) in [5.41, 5.74) is 0.929. The molecule has 0 atom stereocenters. The van der Waals surface area contributed by atoms with Gasteiger partial charge in [-0.2, -0.15) is 0 Å². The smallest absolute Gasteiger partial charge is 0.120 e. The Morgan fingerprint density at radius 2 is 2.06 bits per heavy atom. The molecule has 1 aliphatic heterocycles. The second-order valence-electron chi connectivity index (χ2n) is 5.15. The SMILES string of the molecule is Cn1c(CC2(F)CCNCC2)nc2ccccc21. The molecule has 1 saturated heterocycles. The van der Waals surface area contributed by atoms with Crippen LogP contribution in [0.25, 0.3) is 11.0 Å². The van der Waals surface area contributed by atoms with Crippen LogP contribution in [-0.4, -0.2) is 28.3 Å². The van der Waals surface area contributed by atoms with E-state index in [1.807, 2.05) is 35.9 Å². The number of hydrogen-bond donors (Lipinski definition) is 1. The molecule has 1 fully saturated rings. The molecule has 0 spiro atoms. The zero-order valence-corrected chi connectivity index (χ0v) is 10.6. The number of nitrogens with zero attached hydrogens (tertiary/aromatic N) is 2. The summed E-state index contributed by atoms with van der Waals surface area (Å²) < 4.78 is 16.7. The second-order valence-corrected chi connectivity index (χ2v) is 5.15. The minimum Gasteiger partial charge on any atom is -0.331 e. The molecule has 4 heteroatoms. The van der Waals surface area contributed by atoms with Crippen LogP contribution in [0.4, 0.5) is 4.39 Å². The van der Waals surface area contributed by atoms with Crippen molar-refractivity contribution in [1.82, 2.24) is 14.9 Å². The normalized spacial score (nSPS) is 19.2. The van der Waals surface area contributed by atoms with Gasteiger partial charge < -0.3 is 9.88 Å². The third-order valence-corrected chi connectivity index (χ3v) is 3.85. The van der Waals surface area contributed by atoms with E-state index in [9.17, 15) is 4.39 Å². The van der Waals surface area contributed by atoms with Crippen LogP contribution in [0.1, 0.15) is 18.7 Å². The van der Waals surface area contributed by atoms with Gasteiger partial charge in [0.05, 0.1) is 11.0 Å². The van der Waals surface area contributed by atoms with Gasteiger partial charge in [0.1, 0.15) is 11.5 Å². The molecule has 0 radical (unpaired) electrons. The number of aryl methyl sites for hydroxylation is 1. The van der Waals surface area contributed by atoms with E-state index < -0.39 is 5.67 Å². The molecule has 18 heavy (non-hydrogen) atoms. The molecule has 0 bridgehead atoms. The van der Waals surface area contributed by atoms with Gasteiger partial charge in [-0.25, -0.2) is 9.37 Å². The molecule has 2 aromatic rings. The second kappa shape index (κ2) is 4.35. The predicted octanol–water partition coefficient (Wildman–Crippen LogP) is 2.21. The molecule has 0 saturated carbocycles. The first-order chi connectivity index (χ1) is 8.68. The van der Waals surface area contributed by atoms with E-state index in [4.69, 9.17) is 0 Å². The van der Waals surface area contributed by atoms with Crippen molar-refractivity contribution in [2.75, 3.05) is 13.1 Å². The summed E-state index contributed by atoms with van der Waals surface area (Å²) in [7, 11) is 1.97. The largest absolute Gasteiger partial charge is 0.331 e. The number of piperidine rings is 1. The monoisotopic (exact) mass is 247 g/mol. The Bertz CT molecular complexity index is 555. The Morgan fingerprint density at radius 3 is 2.78 bits per heavy atom. The maximum Gasteiger partial charge on any atom is 0.120 e. The Hall–Kier alpha value is -1.42. The van der Waals surface area contributed by atoms with Crippen molar-refractivity contribution in [2.45, 2.75) is 24.9 Å². The zero-order chi connectivity index (χ0) is 12.6. The van der Waals surface area contributed by atoms with Crippen LogP contribution in [-0.2, 0) is 13.5 Å². The van der Waals surface area contributed by atoms with Crippen molar-refractivity contribution < 1.29 is 4.39 Å². The molecule has 1 aliphatic rings. The molecule has 3 rings (SSSR count). The highest BCUT2D eigenvalue weighted by atomic mass is 19.1. The number of nitrogens with one attached hydrogen (secondary N) is 1. The van der Waals surface area contributed by atoms with E-state index in [-0.39, 0.29) is 0 Å². The van der Waals surface area contributed by atoms with Gasteiger partial charge in [0.15, 0.2) is 0 Å². The number of alkyl halides is 1. The van der Waals surface area contributed by atoms with E-state index in [1.165, 1.54) is 0 Å². The van der Waals surface area contributed by atoms with Gasteiger partial charge in [0.25, 0.3) is 0 Å². The fraction of sp³-hybridized carbons (Fsp3) is 0.500. The van der Waals surface area contributed by atoms with Crippen molar-refractivity contribution in [3.05, 3.63) is 30.1 Å². The molecular weight excluding hydrogens is 229 g/mol. The first-order valence-electron chi connectivity index (χ1n) is 6.48. The number of benzene rings is 1. The number of hydrogen-bond acceptors (Lipinski definition) is 2. The molecule has 2 heterocycles. The number of para-hydroxylation sites is 2. The van der Waals surface area contributed by atoms with Crippen LogP contribution >= 0.6 is 0 Å². The van der Waals surface area contributed by atoms with E-state index in [0.29, 0.717) is 19.3 Å². The maximum absolute atomic E-state index is 14.7. The Labute approximate surface area is 106 Å². The molecule has 0 aliphatic carbocycles. The van der Waals surface area contributed by atoms with Gasteiger partial charge in [0.2, 0.25) is 0 Å². The highest BCUT2D eigenvalue weighted by molar-refractivity contribution is 5.75. The first kappa shape index (κ1) is 11.7. The number of imidazole rings is 1. The highest BCUT2D eigenvalue weighted by Gasteiger charge is 2.33. The Morgan fingerprint density at radius 1 is 1.33 bits per heavy atom. The third kappa shape index (κ3) is 2.01. The Kier molecular flexibility index (Phi) is 2.82. The lowest BCUT2D eigenvalue weighted by atomic mass is 9.91. The van der Waals surface area contributed by atoms with Gasteiger partial charge in [-0.3, -0.25) is 0 Å². The number of aromatic nitrogens is 2. The van der Waals surface area contributed by atoms with E-state index in [0.717, 1.165) is 29.9 Å². The number of halogens is 1. The van der Waals surface area contributed by atoms with E-state index >= 15 is 0 Å². The average Bonchev–Trinajstić information content (AvgIpc) is 2.67. The third-order valence-electron chi connectivity index (χ3n) is 3.85. The lowest BCUT2D eigenvalue weighted by Crippen LogP contribution is -2.40. The minimum absolute atomic E-state index is 0.417. The van der Waals surface area contributed by atoms with Crippen LogP contribution in [0, 0.1) is 0 Å². The fourth-order valence-electron chi connectivity index (χ4n) is 2.69. The predicted molar refractivity (Wildman–Crippen MR) is 70.4 cm³/mol. The maximum atomic E-state index is 14.7. The molecule has 1 aromatic heterocycles. The molecule has 1 N–H and O–H groups in total. The zero-order valence-electron chi connectivity index (χ0n) is 10.6. The summed E-state index contributed by atoms with van der Waals surface area (Å²) in [6.45, 7) is 1.53. The van der Waals surface area contributed by atoms with Crippen molar-refractivity contribution in [3.8, 4) is 0 Å². The van der Waals surface area contributed by atoms with Crippen LogP contribution in [0.2, 0.25) is 0 Å². The summed E-state index contributed by atoms with van der Waals surface area (Å²) in [5, 5.41) is 3.20. The summed E-state index contributed by atoms with van der Waals surface area (Å²) >= 11 is 0. The van der Waals surface area contributed by atoms with Gasteiger partial charge in [-0.15, -0.1) is 0 Å². The lowest BCUT2D eigenvalue weighted by molar-refractivity contribution is 0.113. The summed E-state index contributed by atoms with van der Waals surface area (Å²) in [6.07, 6.45) is 1.58. The molecule has 1 aromatic carbocycles. The van der Waals surface area contributed by atoms with Crippen molar-refractivity contribution in [1.29, 1.82) is 0 Å². The van der Waals surface area contributed by atoms with Crippen molar-refractivity contribution in [2.24, 2.45) is 7.05 Å². The Balaban J connectivity index is 1.92. The average molecular weight is 247 g/mol. The number of rotatable bonds is 2. The molecule has 0 amide bonds. The summed E-state index contributed by atoms with van der Waals surface area (Å²) in [5.74, 6) is 0.848. The number of fused-ring (bicyclic) bond motifs is 1. The first-order valence-corrected chi connectivity index (χ1v) is 6.48. The van der Waals surface area contributed by atoms with Gasteiger partial charge in [-0.05, 0) is 38.1 Å². The van der Waals surface area contributed by atoms with Crippen LogP contribution in [0.5, 0.6) is 0 Å². The highest BCUT2D eigenvalue weighted by Crippen LogP contribution is 2.28. The fourth-order valence-corrected chi connectivity index (χ4v) is 2.69. The van der Waals surface area contributed by atoms with E-state index in [1.54, 1.807) is 0 Å². The molecule has 0 unspecified atom stereocenters. The lowest BCUT2D eigenvalue weighted by Gasteiger charge is -2.29. The minimum atomic E-state index is -1.10. The van der Waals surface area contributed by atoms with Crippen molar-refractivity contribution in [3.63, 3.8) is 0 Å². The summed E-state index contributed by atoms with van der Waals surface area (Å²) in [6, 6.07) is 7.96. The van der Waals surface area contributed by atoms with Gasteiger partial charge >= 0.3 is 0 Å². The standard InChI is InChI=1S/C14H18FN3/c1-18-12-5-3-2-4-11(12)17-13(18)10-14(15)6-8-16-9-7-14/h2-5,16H,6-10H2,1H3. The quantitative estimate of drug-likeness (QED) is 0.881. The molecule has 3 nitrogen and oxygen atoms in total.